The van der Waals surface area contributed by atoms with Gasteiger partial charge in [-0.25, -0.2) is 4.98 Å². The molecule has 0 saturated heterocycles. The van der Waals surface area contributed by atoms with E-state index < -0.39 is 0 Å². The van der Waals surface area contributed by atoms with E-state index in [9.17, 15) is 0 Å². The summed E-state index contributed by atoms with van der Waals surface area (Å²) in [6.07, 6.45) is 4.42. The van der Waals surface area contributed by atoms with Crippen LogP contribution in [0, 0.1) is 6.33 Å². The Morgan fingerprint density at radius 3 is 3.38 bits per heavy atom. The normalized spacial score (nSPS) is 9.62. The van der Waals surface area contributed by atoms with Crippen LogP contribution < -0.4 is 5.32 Å². The van der Waals surface area contributed by atoms with Crippen molar-refractivity contribution in [2.24, 2.45) is 0 Å². The van der Waals surface area contributed by atoms with Crippen molar-refractivity contribution in [3.63, 3.8) is 0 Å². The molecule has 1 aromatic heterocycles. The molecule has 0 atom stereocenters. The van der Waals surface area contributed by atoms with Crippen LogP contribution in [0.3, 0.4) is 0 Å². The summed E-state index contributed by atoms with van der Waals surface area (Å²) in [5.74, 6) is 0. The zero-order chi connectivity index (χ0) is 5.82. The summed E-state index contributed by atoms with van der Waals surface area (Å²) >= 11 is 0. The van der Waals surface area contributed by atoms with Crippen molar-refractivity contribution >= 4 is 0 Å². The third-order valence-corrected chi connectivity index (χ3v) is 0.861. The summed E-state index contributed by atoms with van der Waals surface area (Å²) in [7, 11) is 1.88. The van der Waals surface area contributed by atoms with E-state index in [2.05, 4.69) is 21.6 Å². The molecular weight excluding hydrogens is 102 g/mol. The van der Waals surface area contributed by atoms with Crippen molar-refractivity contribution in [1.82, 2.24) is 15.3 Å². The molecular formula is C5H8N3. The van der Waals surface area contributed by atoms with E-state index in [1.54, 1.807) is 0 Å². The molecule has 2 N–H and O–H groups in total. The second-order valence-electron chi connectivity index (χ2n) is 1.53. The number of rotatable bonds is 2. The van der Waals surface area contributed by atoms with Crippen LogP contribution in [-0.4, -0.2) is 17.0 Å². The van der Waals surface area contributed by atoms with Crippen molar-refractivity contribution < 1.29 is 0 Å². The standard InChI is InChI=1S/C5H8N3/c1-6-2-5-3-7-4-8-5/h3,6H,2H2,1H3,(H,7,8). The topological polar surface area (TPSA) is 40.7 Å². The van der Waals surface area contributed by atoms with Gasteiger partial charge in [0.2, 0.25) is 0 Å². The first kappa shape index (κ1) is 5.31. The highest BCUT2D eigenvalue weighted by molar-refractivity contribution is 4.91. The fourth-order valence-electron chi connectivity index (χ4n) is 0.524. The van der Waals surface area contributed by atoms with Crippen LogP contribution in [0.25, 0.3) is 0 Å². The maximum atomic E-state index is 3.86. The highest BCUT2D eigenvalue weighted by atomic mass is 14.9. The summed E-state index contributed by atoms with van der Waals surface area (Å²) in [5.41, 5.74) is 0.993. The molecule has 0 aromatic carbocycles. The van der Waals surface area contributed by atoms with Gasteiger partial charge in [-0.15, -0.1) is 0 Å². The quantitative estimate of drug-likeness (QED) is 0.559. The Labute approximate surface area is 48.1 Å². The average molecular weight is 110 g/mol. The smallest absolute Gasteiger partial charge is 0.173 e. The molecule has 1 radical (unpaired) electrons. The monoisotopic (exact) mass is 110 g/mol. The highest BCUT2D eigenvalue weighted by Gasteiger charge is 1.87. The second-order valence-corrected chi connectivity index (χ2v) is 1.53. The van der Waals surface area contributed by atoms with Crippen molar-refractivity contribution in [2.45, 2.75) is 6.54 Å². The summed E-state index contributed by atoms with van der Waals surface area (Å²) < 4.78 is 0. The molecule has 0 bridgehead atoms. The molecule has 0 spiro atoms. The van der Waals surface area contributed by atoms with Gasteiger partial charge < -0.3 is 10.3 Å². The first-order chi connectivity index (χ1) is 3.93. The molecule has 0 saturated carbocycles. The molecule has 0 amide bonds. The van der Waals surface area contributed by atoms with Gasteiger partial charge in [-0.2, -0.15) is 0 Å². The number of hydrogen-bond acceptors (Lipinski definition) is 2. The van der Waals surface area contributed by atoms with Crippen LogP contribution in [0.2, 0.25) is 0 Å². The first-order valence-electron chi connectivity index (χ1n) is 2.48. The number of nitrogens with one attached hydrogen (secondary N) is 2. The number of aromatic nitrogens is 2. The molecule has 1 aromatic rings. The SMILES string of the molecule is CNCc1c[nH][c]n1. The summed E-state index contributed by atoms with van der Waals surface area (Å²) in [6, 6.07) is 0. The number of imidazole rings is 1. The highest BCUT2D eigenvalue weighted by Crippen LogP contribution is 1.85. The zero-order valence-electron chi connectivity index (χ0n) is 4.73. The Morgan fingerprint density at radius 2 is 2.88 bits per heavy atom. The van der Waals surface area contributed by atoms with E-state index in [1.165, 1.54) is 0 Å². The molecule has 43 valence electrons. The average Bonchev–Trinajstić information content (AvgIpc) is 2.19. The lowest BCUT2D eigenvalue weighted by molar-refractivity contribution is 0.797. The van der Waals surface area contributed by atoms with Crippen molar-refractivity contribution in [3.8, 4) is 0 Å². The van der Waals surface area contributed by atoms with Crippen LogP contribution in [0.4, 0.5) is 0 Å². The van der Waals surface area contributed by atoms with Crippen molar-refractivity contribution in [2.75, 3.05) is 7.05 Å². The third kappa shape index (κ3) is 1.07. The molecule has 0 aliphatic heterocycles. The lowest BCUT2D eigenvalue weighted by atomic mass is 10.5. The number of nitrogens with zero attached hydrogens (tertiary/aromatic N) is 1. The third-order valence-electron chi connectivity index (χ3n) is 0.861. The van der Waals surface area contributed by atoms with Gasteiger partial charge in [-0.05, 0) is 7.05 Å². The number of aromatic amines is 1. The molecule has 0 aliphatic rings. The summed E-state index contributed by atoms with van der Waals surface area (Å²) in [5, 5.41) is 2.97. The lowest BCUT2D eigenvalue weighted by Gasteiger charge is -1.88. The maximum Gasteiger partial charge on any atom is 0.173 e. The Hall–Kier alpha value is -0.830. The van der Waals surface area contributed by atoms with Gasteiger partial charge >= 0.3 is 0 Å². The minimum absolute atomic E-state index is 0.806. The Morgan fingerprint density at radius 1 is 2.00 bits per heavy atom. The predicted molar refractivity (Wildman–Crippen MR) is 30.2 cm³/mol. The van der Waals surface area contributed by atoms with Gasteiger partial charge in [0.15, 0.2) is 6.33 Å². The van der Waals surface area contributed by atoms with Gasteiger partial charge in [0.25, 0.3) is 0 Å². The van der Waals surface area contributed by atoms with Crippen LogP contribution in [-0.2, 0) is 6.54 Å². The minimum atomic E-state index is 0.806. The van der Waals surface area contributed by atoms with Gasteiger partial charge in [0.1, 0.15) is 0 Å². The van der Waals surface area contributed by atoms with E-state index in [4.69, 9.17) is 0 Å². The largest absolute Gasteiger partial charge is 0.342 e. The van der Waals surface area contributed by atoms with E-state index in [-0.39, 0.29) is 0 Å². The molecule has 1 rings (SSSR count). The van der Waals surface area contributed by atoms with E-state index in [0.29, 0.717) is 0 Å². The Kier molecular flexibility index (Phi) is 1.64. The minimum Gasteiger partial charge on any atom is -0.342 e. The molecule has 0 unspecified atom stereocenters. The fourth-order valence-corrected chi connectivity index (χ4v) is 0.524. The van der Waals surface area contributed by atoms with Gasteiger partial charge in [0, 0.05) is 12.7 Å². The van der Waals surface area contributed by atoms with Gasteiger partial charge in [-0.3, -0.25) is 0 Å². The Balaban J connectivity index is 2.50. The second kappa shape index (κ2) is 2.47. The predicted octanol–water partition coefficient (Wildman–Crippen LogP) is -0.0707. The first-order valence-corrected chi connectivity index (χ1v) is 2.48. The lowest BCUT2D eigenvalue weighted by Crippen LogP contribution is -2.04. The number of hydrogen-bond donors (Lipinski definition) is 2. The zero-order valence-corrected chi connectivity index (χ0v) is 4.73. The summed E-state index contributed by atoms with van der Waals surface area (Å²) in [6.45, 7) is 0.806. The summed E-state index contributed by atoms with van der Waals surface area (Å²) in [4.78, 5) is 6.60. The molecule has 3 heteroatoms. The molecule has 8 heavy (non-hydrogen) atoms. The maximum absolute atomic E-state index is 3.86. The molecule has 1 heterocycles. The Bertz CT molecular complexity index is 133. The van der Waals surface area contributed by atoms with Gasteiger partial charge in [0.05, 0.1) is 5.69 Å². The van der Waals surface area contributed by atoms with Crippen LogP contribution in [0.5, 0.6) is 0 Å². The van der Waals surface area contributed by atoms with Crippen molar-refractivity contribution in [3.05, 3.63) is 18.2 Å². The molecule has 0 aliphatic carbocycles. The van der Waals surface area contributed by atoms with Gasteiger partial charge in [-0.1, -0.05) is 0 Å². The van der Waals surface area contributed by atoms with Crippen molar-refractivity contribution in [1.29, 1.82) is 0 Å². The van der Waals surface area contributed by atoms with E-state index >= 15 is 0 Å². The number of H-pyrrole nitrogens is 1. The van der Waals surface area contributed by atoms with E-state index in [0.717, 1.165) is 12.2 Å². The van der Waals surface area contributed by atoms with Crippen LogP contribution >= 0.6 is 0 Å². The molecule has 0 fully saturated rings. The molecule has 3 nitrogen and oxygen atoms in total. The van der Waals surface area contributed by atoms with Crippen LogP contribution in [0.15, 0.2) is 6.20 Å². The van der Waals surface area contributed by atoms with Crippen LogP contribution in [0.1, 0.15) is 5.69 Å². The fraction of sp³-hybridized carbons (Fsp3) is 0.400. The van der Waals surface area contributed by atoms with E-state index in [1.807, 2.05) is 13.2 Å².